The number of hydrogen-bond donors (Lipinski definition) is 1. The van der Waals surface area contributed by atoms with Gasteiger partial charge in [-0.3, -0.25) is 4.79 Å². The first kappa shape index (κ1) is 22.7. The van der Waals surface area contributed by atoms with E-state index in [1.165, 1.54) is 0 Å². The third-order valence-electron chi connectivity index (χ3n) is 0.695. The summed E-state index contributed by atoms with van der Waals surface area (Å²) in [4.78, 5) is 10.3. The van der Waals surface area contributed by atoms with E-state index in [-0.39, 0.29) is 28.2 Å². The monoisotopic (exact) mass is 149 g/mol. The molecule has 0 rings (SSSR count). The van der Waals surface area contributed by atoms with Crippen molar-refractivity contribution in [3.8, 4) is 0 Å². The number of carbonyl (C=O) groups excluding carboxylic acids is 1. The molecule has 0 radical (unpaired) electrons. The molecule has 0 aromatic rings. The van der Waals surface area contributed by atoms with Gasteiger partial charge in [-0.05, 0) is 6.92 Å². The van der Waals surface area contributed by atoms with E-state index >= 15 is 0 Å². The number of nitrogens with one attached hydrogen (secondary N) is 1. The van der Waals surface area contributed by atoms with Crippen LogP contribution in [0.2, 0.25) is 0 Å². The van der Waals surface area contributed by atoms with Crippen LogP contribution < -0.4 is 5.32 Å². The topological polar surface area (TPSA) is 29.1 Å². The molecule has 10 heavy (non-hydrogen) atoms. The van der Waals surface area contributed by atoms with Crippen LogP contribution in [0.25, 0.3) is 0 Å². The van der Waals surface area contributed by atoms with Crippen LogP contribution in [0, 0.1) is 0 Å². The second-order valence-corrected chi connectivity index (χ2v) is 1.31. The molecule has 0 atom stereocenters. The maximum absolute atomic E-state index is 10.3. The summed E-state index contributed by atoms with van der Waals surface area (Å²) in [7, 11) is 0. The molecule has 0 saturated heterocycles. The molecular formula is C8H23NO. The first-order valence-corrected chi connectivity index (χ1v) is 2.58. The lowest BCUT2D eigenvalue weighted by Crippen LogP contribution is -2.20. The Morgan fingerprint density at radius 2 is 1.60 bits per heavy atom. The second-order valence-electron chi connectivity index (χ2n) is 1.31. The Kier molecular flexibility index (Phi) is 35.9. The molecule has 66 valence electrons. The van der Waals surface area contributed by atoms with Crippen molar-refractivity contribution in [3.63, 3.8) is 0 Å². The quantitative estimate of drug-likeness (QED) is 0.642. The van der Waals surface area contributed by atoms with Gasteiger partial charge in [-0.2, -0.15) is 0 Å². The predicted octanol–water partition coefficient (Wildman–Crippen LogP) is 2.44. The summed E-state index contributed by atoms with van der Waals surface area (Å²) in [5.74, 6) is 0.127. The molecule has 2 heteroatoms. The fourth-order valence-electron chi connectivity index (χ4n) is 0.322. The Balaban J connectivity index is -0.0000000600. The average Bonchev–Trinajstić information content (AvgIpc) is 1.68. The SMILES string of the molecule is C.C.C.CCNC(=O)CC. The fraction of sp³-hybridized carbons (Fsp3) is 0.875. The summed E-state index contributed by atoms with van der Waals surface area (Å²) in [5, 5.41) is 2.66. The summed E-state index contributed by atoms with van der Waals surface area (Å²) in [6.45, 7) is 4.49. The molecule has 0 aromatic carbocycles. The van der Waals surface area contributed by atoms with Gasteiger partial charge < -0.3 is 5.32 Å². The molecule has 2 nitrogen and oxygen atoms in total. The van der Waals surface area contributed by atoms with Crippen molar-refractivity contribution in [1.29, 1.82) is 0 Å². The maximum atomic E-state index is 10.3. The fourth-order valence-corrected chi connectivity index (χ4v) is 0.322. The number of amides is 1. The molecule has 0 heterocycles. The molecule has 0 bridgehead atoms. The third kappa shape index (κ3) is 15.6. The highest BCUT2D eigenvalue weighted by Crippen LogP contribution is 1.70. The zero-order valence-corrected chi connectivity index (χ0v) is 4.82. The Morgan fingerprint density at radius 3 is 1.70 bits per heavy atom. The largest absolute Gasteiger partial charge is 0.356 e. The van der Waals surface area contributed by atoms with Gasteiger partial charge in [0, 0.05) is 13.0 Å². The lowest BCUT2D eigenvalue weighted by atomic mass is 10.4. The highest BCUT2D eigenvalue weighted by Gasteiger charge is 1.88. The van der Waals surface area contributed by atoms with Gasteiger partial charge in [0.1, 0.15) is 0 Å². The molecule has 0 aliphatic rings. The molecule has 0 fully saturated rings. The van der Waals surface area contributed by atoms with Crippen molar-refractivity contribution >= 4 is 5.91 Å². The molecule has 0 saturated carbocycles. The Hall–Kier alpha value is -0.530. The van der Waals surface area contributed by atoms with Gasteiger partial charge >= 0.3 is 0 Å². The molecule has 0 aliphatic carbocycles. The van der Waals surface area contributed by atoms with Crippen LogP contribution >= 0.6 is 0 Å². The molecular weight excluding hydrogens is 126 g/mol. The van der Waals surface area contributed by atoms with E-state index in [9.17, 15) is 4.79 Å². The van der Waals surface area contributed by atoms with Gasteiger partial charge in [-0.25, -0.2) is 0 Å². The second kappa shape index (κ2) is 15.8. The van der Waals surface area contributed by atoms with Crippen LogP contribution in [-0.2, 0) is 4.79 Å². The van der Waals surface area contributed by atoms with Crippen LogP contribution in [0.5, 0.6) is 0 Å². The lowest BCUT2D eigenvalue weighted by molar-refractivity contribution is -0.120. The molecule has 0 unspecified atom stereocenters. The van der Waals surface area contributed by atoms with Crippen LogP contribution in [-0.4, -0.2) is 12.5 Å². The molecule has 1 N–H and O–H groups in total. The highest BCUT2D eigenvalue weighted by atomic mass is 16.1. The van der Waals surface area contributed by atoms with Crippen molar-refractivity contribution in [1.82, 2.24) is 5.32 Å². The standard InChI is InChI=1S/C5H11NO.3CH4/c1-3-5(7)6-4-2;;;/h3-4H2,1-2H3,(H,6,7);3*1H4. The minimum atomic E-state index is 0. The summed E-state index contributed by atoms with van der Waals surface area (Å²) < 4.78 is 0. The minimum absolute atomic E-state index is 0. The van der Waals surface area contributed by atoms with E-state index in [0.29, 0.717) is 6.42 Å². The number of hydrogen-bond acceptors (Lipinski definition) is 1. The van der Waals surface area contributed by atoms with Crippen LogP contribution in [0.1, 0.15) is 42.5 Å². The van der Waals surface area contributed by atoms with E-state index in [2.05, 4.69) is 5.32 Å². The van der Waals surface area contributed by atoms with E-state index < -0.39 is 0 Å². The zero-order valence-electron chi connectivity index (χ0n) is 4.82. The van der Waals surface area contributed by atoms with Crippen molar-refractivity contribution < 1.29 is 4.79 Å². The van der Waals surface area contributed by atoms with Gasteiger partial charge in [-0.1, -0.05) is 29.2 Å². The van der Waals surface area contributed by atoms with Gasteiger partial charge in [0.15, 0.2) is 0 Å². The van der Waals surface area contributed by atoms with E-state index in [0.717, 1.165) is 6.54 Å². The molecule has 0 spiro atoms. The Bertz CT molecular complexity index is 62.3. The predicted molar refractivity (Wildman–Crippen MR) is 49.2 cm³/mol. The van der Waals surface area contributed by atoms with Crippen molar-refractivity contribution in [3.05, 3.63) is 0 Å². The Morgan fingerprint density at radius 1 is 1.20 bits per heavy atom. The lowest BCUT2D eigenvalue weighted by Gasteiger charge is -1.93. The minimum Gasteiger partial charge on any atom is -0.356 e. The van der Waals surface area contributed by atoms with Crippen molar-refractivity contribution in [2.45, 2.75) is 42.5 Å². The third-order valence-corrected chi connectivity index (χ3v) is 0.695. The normalized spacial score (nSPS) is 5.80. The Labute approximate surface area is 66.0 Å². The van der Waals surface area contributed by atoms with E-state index in [1.807, 2.05) is 13.8 Å². The van der Waals surface area contributed by atoms with Crippen LogP contribution in [0.15, 0.2) is 0 Å². The van der Waals surface area contributed by atoms with Gasteiger partial charge in [0.25, 0.3) is 0 Å². The van der Waals surface area contributed by atoms with Gasteiger partial charge in [0.2, 0.25) is 5.91 Å². The first-order valence-electron chi connectivity index (χ1n) is 2.58. The van der Waals surface area contributed by atoms with E-state index in [1.54, 1.807) is 0 Å². The van der Waals surface area contributed by atoms with Gasteiger partial charge in [-0.15, -0.1) is 0 Å². The number of carbonyl (C=O) groups is 1. The summed E-state index contributed by atoms with van der Waals surface area (Å²) in [5.41, 5.74) is 0. The first-order chi connectivity index (χ1) is 3.31. The van der Waals surface area contributed by atoms with Crippen molar-refractivity contribution in [2.24, 2.45) is 0 Å². The molecule has 0 aliphatic heterocycles. The van der Waals surface area contributed by atoms with Crippen LogP contribution in [0.3, 0.4) is 0 Å². The number of rotatable bonds is 2. The smallest absolute Gasteiger partial charge is 0.219 e. The molecule has 1 amide bonds. The van der Waals surface area contributed by atoms with Crippen molar-refractivity contribution in [2.75, 3.05) is 6.54 Å². The summed E-state index contributed by atoms with van der Waals surface area (Å²) in [6.07, 6.45) is 0.591. The average molecular weight is 149 g/mol. The summed E-state index contributed by atoms with van der Waals surface area (Å²) >= 11 is 0. The van der Waals surface area contributed by atoms with Gasteiger partial charge in [0.05, 0.1) is 0 Å². The molecule has 0 aromatic heterocycles. The maximum Gasteiger partial charge on any atom is 0.219 e. The van der Waals surface area contributed by atoms with Crippen LogP contribution in [0.4, 0.5) is 0 Å². The summed E-state index contributed by atoms with van der Waals surface area (Å²) in [6, 6.07) is 0. The highest BCUT2D eigenvalue weighted by molar-refractivity contribution is 5.75. The van der Waals surface area contributed by atoms with E-state index in [4.69, 9.17) is 0 Å². The zero-order chi connectivity index (χ0) is 5.70.